The fourth-order valence-electron chi connectivity index (χ4n) is 2.36. The maximum Gasteiger partial charge on any atom is 0.243 e. The van der Waals surface area contributed by atoms with Crippen molar-refractivity contribution < 1.29 is 13.2 Å². The number of rotatable bonds is 4. The fraction of sp³-hybridized carbons (Fsp3) is 0.538. The Morgan fingerprint density at radius 1 is 1.48 bits per heavy atom. The summed E-state index contributed by atoms with van der Waals surface area (Å²) >= 11 is 3.32. The molecule has 21 heavy (non-hydrogen) atoms. The maximum atomic E-state index is 12.6. The van der Waals surface area contributed by atoms with Crippen LogP contribution in [0, 0.1) is 5.92 Å². The molecule has 0 spiro atoms. The van der Waals surface area contributed by atoms with Crippen LogP contribution in [0.2, 0.25) is 0 Å². The van der Waals surface area contributed by atoms with Gasteiger partial charge in [-0.1, -0.05) is 0 Å². The molecule has 0 radical (unpaired) electrons. The zero-order valence-corrected chi connectivity index (χ0v) is 15.2. The quantitative estimate of drug-likeness (QED) is 0.843. The number of nitrogens with zero attached hydrogens (tertiary/aromatic N) is 1. The van der Waals surface area contributed by atoms with E-state index in [1.807, 2.05) is 6.92 Å². The fourth-order valence-corrected chi connectivity index (χ4v) is 4.59. The lowest BCUT2D eigenvalue weighted by atomic mass is 10.0. The second-order valence-corrected chi connectivity index (χ2v) is 7.86. The molecule has 1 fully saturated rings. The highest BCUT2D eigenvalue weighted by Crippen LogP contribution is 2.31. The van der Waals surface area contributed by atoms with E-state index in [1.165, 1.54) is 4.31 Å². The monoisotopic (exact) mass is 398 g/mol. The molecule has 2 N–H and O–H groups in total. The SMILES string of the molecule is COc1ccc(S(=O)(=O)N2CCC(C(C)N)C2)cc1Br.Cl. The molecule has 1 saturated heterocycles. The van der Waals surface area contributed by atoms with E-state index in [0.717, 1.165) is 6.42 Å². The molecule has 2 unspecified atom stereocenters. The number of halogens is 2. The Balaban J connectivity index is 0.00000220. The first-order valence-electron chi connectivity index (χ1n) is 6.45. The van der Waals surface area contributed by atoms with Gasteiger partial charge in [0.25, 0.3) is 0 Å². The summed E-state index contributed by atoms with van der Waals surface area (Å²) in [7, 11) is -1.92. The molecule has 1 heterocycles. The zero-order valence-electron chi connectivity index (χ0n) is 12.0. The normalized spacial score (nSPS) is 20.9. The van der Waals surface area contributed by atoms with Crippen molar-refractivity contribution in [2.24, 2.45) is 11.7 Å². The van der Waals surface area contributed by atoms with Crippen LogP contribution in [0.1, 0.15) is 13.3 Å². The molecular weight excluding hydrogens is 380 g/mol. The molecule has 0 bridgehead atoms. The Labute approximate surface area is 140 Å². The van der Waals surface area contributed by atoms with Crippen LogP contribution in [0.25, 0.3) is 0 Å². The van der Waals surface area contributed by atoms with Gasteiger partial charge in [0.1, 0.15) is 5.75 Å². The van der Waals surface area contributed by atoms with Gasteiger partial charge in [0.2, 0.25) is 10.0 Å². The van der Waals surface area contributed by atoms with Gasteiger partial charge in [0.05, 0.1) is 16.5 Å². The summed E-state index contributed by atoms with van der Waals surface area (Å²) in [5, 5.41) is 0. The first-order valence-corrected chi connectivity index (χ1v) is 8.69. The largest absolute Gasteiger partial charge is 0.496 e. The van der Waals surface area contributed by atoms with E-state index in [2.05, 4.69) is 15.9 Å². The molecule has 8 heteroatoms. The number of benzene rings is 1. The van der Waals surface area contributed by atoms with Crippen molar-refractivity contribution >= 4 is 38.4 Å². The van der Waals surface area contributed by atoms with Crippen molar-refractivity contribution in [2.75, 3.05) is 20.2 Å². The summed E-state index contributed by atoms with van der Waals surface area (Å²) in [6.07, 6.45) is 0.814. The number of methoxy groups -OCH3 is 1. The molecule has 1 aliphatic heterocycles. The number of ether oxygens (including phenoxy) is 1. The van der Waals surface area contributed by atoms with Crippen LogP contribution in [0.5, 0.6) is 5.75 Å². The van der Waals surface area contributed by atoms with Crippen LogP contribution in [0.3, 0.4) is 0 Å². The molecule has 0 amide bonds. The third kappa shape index (κ3) is 3.90. The van der Waals surface area contributed by atoms with Crippen molar-refractivity contribution in [2.45, 2.75) is 24.3 Å². The van der Waals surface area contributed by atoms with Gasteiger partial charge < -0.3 is 10.5 Å². The molecule has 0 aromatic heterocycles. The zero-order chi connectivity index (χ0) is 14.9. The van der Waals surface area contributed by atoms with Gasteiger partial charge in [-0.2, -0.15) is 4.31 Å². The first kappa shape index (κ1) is 18.7. The number of nitrogens with two attached hydrogens (primary N) is 1. The Morgan fingerprint density at radius 3 is 2.62 bits per heavy atom. The second-order valence-electron chi connectivity index (χ2n) is 5.07. The standard InChI is InChI=1S/C13H19BrN2O3S.ClH/c1-9(15)10-5-6-16(8-10)20(17,18)11-3-4-13(19-2)12(14)7-11;/h3-4,7,9-10H,5-6,8,15H2,1-2H3;1H. The lowest BCUT2D eigenvalue weighted by Gasteiger charge is -2.18. The molecule has 1 aliphatic rings. The molecule has 0 saturated carbocycles. The number of hydrogen-bond donors (Lipinski definition) is 1. The highest BCUT2D eigenvalue weighted by Gasteiger charge is 2.34. The summed E-state index contributed by atoms with van der Waals surface area (Å²) in [5.74, 6) is 0.838. The van der Waals surface area contributed by atoms with Crippen LogP contribution in [0.15, 0.2) is 27.6 Å². The smallest absolute Gasteiger partial charge is 0.243 e. The van der Waals surface area contributed by atoms with Gasteiger partial charge in [-0.05, 0) is 53.4 Å². The van der Waals surface area contributed by atoms with Crippen LogP contribution in [-0.4, -0.2) is 39.0 Å². The predicted molar refractivity (Wildman–Crippen MR) is 88.5 cm³/mol. The molecule has 2 rings (SSSR count). The lowest BCUT2D eigenvalue weighted by Crippen LogP contribution is -2.33. The molecule has 0 aliphatic carbocycles. The molecule has 2 atom stereocenters. The predicted octanol–water partition coefficient (Wildman–Crippen LogP) is 2.24. The minimum Gasteiger partial charge on any atom is -0.496 e. The van der Waals surface area contributed by atoms with Crippen molar-refractivity contribution in [1.82, 2.24) is 4.31 Å². The van der Waals surface area contributed by atoms with E-state index in [9.17, 15) is 8.42 Å². The Kier molecular flexibility index (Phi) is 6.49. The van der Waals surface area contributed by atoms with Crippen LogP contribution in [-0.2, 0) is 10.0 Å². The molecular formula is C13H20BrClN2O3S. The van der Waals surface area contributed by atoms with Gasteiger partial charge in [-0.3, -0.25) is 0 Å². The highest BCUT2D eigenvalue weighted by molar-refractivity contribution is 9.10. The van der Waals surface area contributed by atoms with Gasteiger partial charge in [-0.25, -0.2) is 8.42 Å². The van der Waals surface area contributed by atoms with E-state index in [4.69, 9.17) is 10.5 Å². The Morgan fingerprint density at radius 2 is 2.14 bits per heavy atom. The number of sulfonamides is 1. The topological polar surface area (TPSA) is 72.6 Å². The van der Waals surface area contributed by atoms with Gasteiger partial charge in [-0.15, -0.1) is 12.4 Å². The van der Waals surface area contributed by atoms with Crippen LogP contribution < -0.4 is 10.5 Å². The Bertz CT molecular complexity index is 595. The molecule has 5 nitrogen and oxygen atoms in total. The first-order chi connectivity index (χ1) is 9.36. The summed E-state index contributed by atoms with van der Waals surface area (Å²) in [6, 6.07) is 4.81. The third-order valence-electron chi connectivity index (χ3n) is 3.69. The average Bonchev–Trinajstić information content (AvgIpc) is 2.89. The van der Waals surface area contributed by atoms with Crippen LogP contribution >= 0.6 is 28.3 Å². The minimum absolute atomic E-state index is 0. The van der Waals surface area contributed by atoms with E-state index in [0.29, 0.717) is 23.3 Å². The summed E-state index contributed by atoms with van der Waals surface area (Å²) in [6.45, 7) is 2.94. The van der Waals surface area contributed by atoms with Crippen molar-refractivity contribution in [3.63, 3.8) is 0 Å². The maximum absolute atomic E-state index is 12.6. The highest BCUT2D eigenvalue weighted by atomic mass is 79.9. The lowest BCUT2D eigenvalue weighted by molar-refractivity contribution is 0.411. The Hall–Kier alpha value is -0.340. The molecule has 120 valence electrons. The van der Waals surface area contributed by atoms with Crippen LogP contribution in [0.4, 0.5) is 0 Å². The summed E-state index contributed by atoms with van der Waals surface area (Å²) in [4.78, 5) is 0.274. The van der Waals surface area contributed by atoms with E-state index in [-0.39, 0.29) is 29.3 Å². The second kappa shape index (κ2) is 7.28. The van der Waals surface area contributed by atoms with Gasteiger partial charge in [0.15, 0.2) is 0 Å². The van der Waals surface area contributed by atoms with Gasteiger partial charge in [0, 0.05) is 19.1 Å². The minimum atomic E-state index is -3.46. The molecule has 1 aromatic rings. The summed E-state index contributed by atoms with van der Waals surface area (Å²) in [5.41, 5.74) is 5.86. The third-order valence-corrected chi connectivity index (χ3v) is 6.17. The van der Waals surface area contributed by atoms with E-state index in [1.54, 1.807) is 25.3 Å². The van der Waals surface area contributed by atoms with Gasteiger partial charge >= 0.3 is 0 Å². The van der Waals surface area contributed by atoms with Crippen molar-refractivity contribution in [1.29, 1.82) is 0 Å². The molecule has 1 aromatic carbocycles. The summed E-state index contributed by atoms with van der Waals surface area (Å²) < 4.78 is 32.4. The average molecular weight is 400 g/mol. The van der Waals surface area contributed by atoms with Crippen molar-refractivity contribution in [3.8, 4) is 5.75 Å². The van der Waals surface area contributed by atoms with E-state index < -0.39 is 10.0 Å². The van der Waals surface area contributed by atoms with Crippen molar-refractivity contribution in [3.05, 3.63) is 22.7 Å². The number of hydrogen-bond acceptors (Lipinski definition) is 4. The van der Waals surface area contributed by atoms with E-state index >= 15 is 0 Å².